The lowest BCUT2D eigenvalue weighted by atomic mass is 9.47. The molecule has 4 aliphatic rings. The van der Waals surface area contributed by atoms with Gasteiger partial charge in [0.1, 0.15) is 5.78 Å². The fourth-order valence-electron chi connectivity index (χ4n) is 6.30. The van der Waals surface area contributed by atoms with Crippen LogP contribution in [0.5, 0.6) is 0 Å². The second-order valence-electron chi connectivity index (χ2n) is 7.99. The van der Waals surface area contributed by atoms with Gasteiger partial charge in [-0.05, 0) is 61.2 Å². The molecule has 0 saturated heterocycles. The topological polar surface area (TPSA) is 37.3 Å². The highest BCUT2D eigenvalue weighted by Gasteiger charge is 2.60. The zero-order valence-electron chi connectivity index (χ0n) is 12.9. The quantitative estimate of drug-likeness (QED) is 0.801. The Bertz CT molecular complexity index is 520. The molecule has 0 heterocycles. The van der Waals surface area contributed by atoms with Gasteiger partial charge in [-0.25, -0.2) is 0 Å². The van der Waals surface area contributed by atoms with E-state index in [4.69, 9.17) is 0 Å². The SMILES string of the molecule is C[C@]12C=CC=CC1CC[C@H]1[C@@H]3CCC(=O)[C@@]3(CO)CC[C@@H]12. The molecule has 0 aromatic heterocycles. The Morgan fingerprint density at radius 3 is 2.86 bits per heavy atom. The number of aliphatic hydroxyl groups is 1. The van der Waals surface area contributed by atoms with E-state index in [0.717, 1.165) is 19.3 Å². The van der Waals surface area contributed by atoms with Gasteiger partial charge in [-0.2, -0.15) is 0 Å². The van der Waals surface area contributed by atoms with Crippen molar-refractivity contribution in [2.24, 2.45) is 34.5 Å². The largest absolute Gasteiger partial charge is 0.395 e. The minimum Gasteiger partial charge on any atom is -0.395 e. The van der Waals surface area contributed by atoms with Gasteiger partial charge in [0.25, 0.3) is 0 Å². The number of hydrogen-bond donors (Lipinski definition) is 1. The summed E-state index contributed by atoms with van der Waals surface area (Å²) in [5, 5.41) is 9.96. The molecule has 0 aromatic carbocycles. The number of hydrogen-bond acceptors (Lipinski definition) is 2. The van der Waals surface area contributed by atoms with Gasteiger partial charge in [0.15, 0.2) is 0 Å². The van der Waals surface area contributed by atoms with Crippen molar-refractivity contribution >= 4 is 5.78 Å². The van der Waals surface area contributed by atoms with Crippen LogP contribution in [0.2, 0.25) is 0 Å². The first-order valence-electron chi connectivity index (χ1n) is 8.62. The molecule has 2 nitrogen and oxygen atoms in total. The molecule has 1 unspecified atom stereocenters. The smallest absolute Gasteiger partial charge is 0.141 e. The molecule has 1 N–H and O–H groups in total. The maximum Gasteiger partial charge on any atom is 0.141 e. The van der Waals surface area contributed by atoms with Crippen LogP contribution in [0.1, 0.15) is 45.4 Å². The van der Waals surface area contributed by atoms with E-state index in [1.807, 2.05) is 0 Å². The van der Waals surface area contributed by atoms with Gasteiger partial charge in [-0.1, -0.05) is 31.2 Å². The minimum absolute atomic E-state index is 0.0790. The first-order chi connectivity index (χ1) is 10.1. The van der Waals surface area contributed by atoms with Crippen molar-refractivity contribution in [2.75, 3.05) is 6.61 Å². The third kappa shape index (κ3) is 1.66. The van der Waals surface area contributed by atoms with Gasteiger partial charge in [0.05, 0.1) is 12.0 Å². The van der Waals surface area contributed by atoms with Crippen LogP contribution in [-0.4, -0.2) is 17.5 Å². The predicted octanol–water partition coefficient (Wildman–Crippen LogP) is 3.51. The average Bonchev–Trinajstić information content (AvgIpc) is 2.84. The highest BCUT2D eigenvalue weighted by atomic mass is 16.3. The number of carbonyl (C=O) groups is 1. The van der Waals surface area contributed by atoms with Crippen LogP contribution < -0.4 is 0 Å². The van der Waals surface area contributed by atoms with Crippen molar-refractivity contribution in [2.45, 2.75) is 45.4 Å². The van der Waals surface area contributed by atoms with Gasteiger partial charge in [0.2, 0.25) is 0 Å². The highest BCUT2D eigenvalue weighted by Crippen LogP contribution is 2.63. The van der Waals surface area contributed by atoms with Gasteiger partial charge >= 0.3 is 0 Å². The van der Waals surface area contributed by atoms with E-state index in [1.54, 1.807) is 0 Å². The van der Waals surface area contributed by atoms with Crippen LogP contribution in [0.3, 0.4) is 0 Å². The van der Waals surface area contributed by atoms with E-state index < -0.39 is 0 Å². The maximum atomic E-state index is 12.4. The standard InChI is InChI=1S/C19H26O2/c1-18-10-3-2-4-13(18)5-6-14-15(18)9-11-19(12-20)16(14)7-8-17(19)21/h2-4,10,13-16,20H,5-9,11-12H2,1H3/t13?,14-,15+,16+,18+,19-/m1/s1. The molecular weight excluding hydrogens is 260 g/mol. The van der Waals surface area contributed by atoms with Crippen molar-refractivity contribution in [3.8, 4) is 0 Å². The Morgan fingerprint density at radius 2 is 2.05 bits per heavy atom. The first-order valence-corrected chi connectivity index (χ1v) is 8.62. The number of fused-ring (bicyclic) bond motifs is 5. The summed E-state index contributed by atoms with van der Waals surface area (Å²) in [5.41, 5.74) is -0.108. The van der Waals surface area contributed by atoms with Crippen molar-refractivity contribution in [1.82, 2.24) is 0 Å². The number of carbonyl (C=O) groups excluding carboxylic acids is 1. The Labute approximate surface area is 127 Å². The molecule has 0 aliphatic heterocycles. The summed E-state index contributed by atoms with van der Waals surface area (Å²) in [6, 6.07) is 0. The molecule has 3 saturated carbocycles. The summed E-state index contributed by atoms with van der Waals surface area (Å²) in [6.07, 6.45) is 15.5. The molecule has 6 atom stereocenters. The van der Waals surface area contributed by atoms with Crippen molar-refractivity contribution in [3.63, 3.8) is 0 Å². The van der Waals surface area contributed by atoms with Crippen LogP contribution in [0.25, 0.3) is 0 Å². The fraction of sp³-hybridized carbons (Fsp3) is 0.737. The summed E-state index contributed by atoms with van der Waals surface area (Å²) in [7, 11) is 0. The van der Waals surface area contributed by atoms with E-state index >= 15 is 0 Å². The first kappa shape index (κ1) is 13.8. The third-order valence-electron chi connectivity index (χ3n) is 7.48. The molecule has 114 valence electrons. The normalized spacial score (nSPS) is 51.4. The monoisotopic (exact) mass is 286 g/mol. The summed E-state index contributed by atoms with van der Waals surface area (Å²) in [4.78, 5) is 12.4. The van der Waals surface area contributed by atoms with E-state index in [0.29, 0.717) is 35.9 Å². The van der Waals surface area contributed by atoms with Crippen LogP contribution in [0.4, 0.5) is 0 Å². The minimum atomic E-state index is -0.376. The third-order valence-corrected chi connectivity index (χ3v) is 7.48. The van der Waals surface area contributed by atoms with Crippen LogP contribution in [0.15, 0.2) is 24.3 Å². The Hall–Kier alpha value is -0.890. The Balaban J connectivity index is 1.70. The molecule has 21 heavy (non-hydrogen) atoms. The summed E-state index contributed by atoms with van der Waals surface area (Å²) in [6.45, 7) is 2.51. The summed E-state index contributed by atoms with van der Waals surface area (Å²) >= 11 is 0. The number of allylic oxidation sites excluding steroid dienone is 4. The van der Waals surface area contributed by atoms with Gasteiger partial charge < -0.3 is 5.11 Å². The number of Topliss-reactive ketones (excluding diaryl/α,β-unsaturated/α-hetero) is 1. The Morgan fingerprint density at radius 1 is 1.19 bits per heavy atom. The lowest BCUT2D eigenvalue weighted by molar-refractivity contribution is -0.139. The van der Waals surface area contributed by atoms with Crippen molar-refractivity contribution in [1.29, 1.82) is 0 Å². The molecule has 0 bridgehead atoms. The summed E-state index contributed by atoms with van der Waals surface area (Å²) in [5.74, 6) is 2.77. The Kier molecular flexibility index (Phi) is 2.98. The summed E-state index contributed by atoms with van der Waals surface area (Å²) < 4.78 is 0. The van der Waals surface area contributed by atoms with Crippen LogP contribution >= 0.6 is 0 Å². The van der Waals surface area contributed by atoms with Crippen LogP contribution in [0, 0.1) is 34.5 Å². The van der Waals surface area contributed by atoms with E-state index in [1.165, 1.54) is 12.8 Å². The number of aliphatic hydroxyl groups excluding tert-OH is 1. The van der Waals surface area contributed by atoms with E-state index in [9.17, 15) is 9.90 Å². The molecule has 0 spiro atoms. The predicted molar refractivity (Wildman–Crippen MR) is 82.6 cm³/mol. The molecule has 4 rings (SSSR count). The molecular formula is C19H26O2. The van der Waals surface area contributed by atoms with E-state index in [-0.39, 0.29) is 17.4 Å². The zero-order valence-corrected chi connectivity index (χ0v) is 12.9. The van der Waals surface area contributed by atoms with E-state index in [2.05, 4.69) is 31.2 Å². The molecule has 0 amide bonds. The van der Waals surface area contributed by atoms with Crippen LogP contribution in [-0.2, 0) is 4.79 Å². The van der Waals surface area contributed by atoms with Gasteiger partial charge in [-0.15, -0.1) is 0 Å². The molecule has 0 aromatic rings. The van der Waals surface area contributed by atoms with Crippen molar-refractivity contribution in [3.05, 3.63) is 24.3 Å². The van der Waals surface area contributed by atoms with Gasteiger partial charge in [-0.3, -0.25) is 4.79 Å². The number of ketones is 1. The van der Waals surface area contributed by atoms with Gasteiger partial charge in [0, 0.05) is 6.42 Å². The average molecular weight is 286 g/mol. The lowest BCUT2D eigenvalue weighted by Gasteiger charge is -2.57. The molecule has 4 aliphatic carbocycles. The second-order valence-corrected chi connectivity index (χ2v) is 7.99. The fourth-order valence-corrected chi connectivity index (χ4v) is 6.30. The number of rotatable bonds is 1. The zero-order chi connectivity index (χ0) is 14.7. The highest BCUT2D eigenvalue weighted by molar-refractivity contribution is 5.87. The lowest BCUT2D eigenvalue weighted by Crippen LogP contribution is -2.53. The maximum absolute atomic E-state index is 12.4. The molecule has 0 radical (unpaired) electrons. The molecule has 3 fully saturated rings. The second kappa shape index (κ2) is 4.55. The van der Waals surface area contributed by atoms with Crippen molar-refractivity contribution < 1.29 is 9.90 Å². The molecule has 2 heteroatoms.